The molecule has 1 unspecified atom stereocenters. The zero-order valence-electron chi connectivity index (χ0n) is 8.71. The predicted molar refractivity (Wildman–Crippen MR) is 64.8 cm³/mol. The molecule has 1 heterocycles. The van der Waals surface area contributed by atoms with Crippen LogP contribution in [0.1, 0.15) is 12.0 Å². The normalized spacial score (nSPS) is 25.7. The van der Waals surface area contributed by atoms with Gasteiger partial charge < -0.3 is 10.5 Å². The maximum atomic E-state index is 5.86. The van der Waals surface area contributed by atoms with Gasteiger partial charge in [-0.05, 0) is 30.5 Å². The van der Waals surface area contributed by atoms with Crippen LogP contribution in [0.2, 0.25) is 0 Å². The van der Waals surface area contributed by atoms with E-state index in [9.17, 15) is 0 Å². The van der Waals surface area contributed by atoms with E-state index in [0.29, 0.717) is 6.54 Å². The zero-order valence-corrected chi connectivity index (χ0v) is 10.3. The molecule has 2 rings (SSSR count). The highest BCUT2D eigenvalue weighted by molar-refractivity contribution is 9.10. The molecule has 3 heteroatoms. The molecule has 1 atom stereocenters. The molecule has 1 fully saturated rings. The maximum absolute atomic E-state index is 5.86. The van der Waals surface area contributed by atoms with Gasteiger partial charge in [-0.15, -0.1) is 0 Å². The highest BCUT2D eigenvalue weighted by Gasteiger charge is 2.33. The Bertz CT molecular complexity index is 317. The largest absolute Gasteiger partial charge is 0.381 e. The van der Waals surface area contributed by atoms with Crippen molar-refractivity contribution in [2.24, 2.45) is 11.1 Å². The van der Waals surface area contributed by atoms with Gasteiger partial charge in [0.2, 0.25) is 0 Å². The van der Waals surface area contributed by atoms with E-state index in [-0.39, 0.29) is 5.41 Å². The van der Waals surface area contributed by atoms with Gasteiger partial charge in [0, 0.05) is 23.0 Å². The fourth-order valence-corrected chi connectivity index (χ4v) is 2.32. The van der Waals surface area contributed by atoms with Crippen molar-refractivity contribution in [2.45, 2.75) is 12.8 Å². The SMILES string of the molecule is NCC1(Cc2ccc(Br)cc2)CCOC1. The Kier molecular flexibility index (Phi) is 3.44. The summed E-state index contributed by atoms with van der Waals surface area (Å²) < 4.78 is 6.58. The second-order valence-corrected chi connectivity index (χ2v) is 5.23. The van der Waals surface area contributed by atoms with Gasteiger partial charge in [0.25, 0.3) is 0 Å². The molecule has 0 saturated carbocycles. The van der Waals surface area contributed by atoms with Gasteiger partial charge in [-0.1, -0.05) is 28.1 Å². The van der Waals surface area contributed by atoms with Crippen LogP contribution in [-0.4, -0.2) is 19.8 Å². The van der Waals surface area contributed by atoms with Crippen LogP contribution in [0.4, 0.5) is 0 Å². The van der Waals surface area contributed by atoms with Crippen molar-refractivity contribution >= 4 is 15.9 Å². The fourth-order valence-electron chi connectivity index (χ4n) is 2.06. The molecule has 0 amide bonds. The van der Waals surface area contributed by atoms with Crippen molar-refractivity contribution in [2.75, 3.05) is 19.8 Å². The monoisotopic (exact) mass is 269 g/mol. The third-order valence-corrected chi connectivity index (χ3v) is 3.64. The molecule has 0 bridgehead atoms. The van der Waals surface area contributed by atoms with E-state index in [1.54, 1.807) is 0 Å². The standard InChI is InChI=1S/C12H16BrNO/c13-11-3-1-10(2-4-11)7-12(8-14)5-6-15-9-12/h1-4H,5-9,14H2. The van der Waals surface area contributed by atoms with Crippen LogP contribution in [0.15, 0.2) is 28.7 Å². The third-order valence-electron chi connectivity index (χ3n) is 3.11. The Labute approximate surface area is 98.9 Å². The molecule has 1 aromatic rings. The summed E-state index contributed by atoms with van der Waals surface area (Å²) in [5.74, 6) is 0. The molecule has 1 aromatic carbocycles. The molecule has 0 spiro atoms. The summed E-state index contributed by atoms with van der Waals surface area (Å²) in [5.41, 5.74) is 7.37. The summed E-state index contributed by atoms with van der Waals surface area (Å²) in [7, 11) is 0. The van der Waals surface area contributed by atoms with Crippen LogP contribution in [0.25, 0.3) is 0 Å². The van der Waals surface area contributed by atoms with Gasteiger partial charge in [-0.3, -0.25) is 0 Å². The molecule has 1 saturated heterocycles. The second-order valence-electron chi connectivity index (χ2n) is 4.31. The van der Waals surface area contributed by atoms with Gasteiger partial charge in [-0.2, -0.15) is 0 Å². The minimum Gasteiger partial charge on any atom is -0.381 e. The first-order chi connectivity index (χ1) is 7.24. The Hall–Kier alpha value is -0.380. The van der Waals surface area contributed by atoms with Gasteiger partial charge in [0.15, 0.2) is 0 Å². The second kappa shape index (κ2) is 4.64. The number of hydrogen-bond donors (Lipinski definition) is 1. The van der Waals surface area contributed by atoms with Gasteiger partial charge in [0.05, 0.1) is 6.61 Å². The minimum absolute atomic E-state index is 0.174. The van der Waals surface area contributed by atoms with Crippen molar-refractivity contribution in [3.05, 3.63) is 34.3 Å². The summed E-state index contributed by atoms with van der Waals surface area (Å²) in [5, 5.41) is 0. The average molecular weight is 270 g/mol. The van der Waals surface area contributed by atoms with E-state index in [1.165, 1.54) is 5.56 Å². The number of halogens is 1. The quantitative estimate of drug-likeness (QED) is 0.915. The highest BCUT2D eigenvalue weighted by atomic mass is 79.9. The van der Waals surface area contributed by atoms with E-state index in [0.717, 1.165) is 30.5 Å². The molecule has 1 aliphatic rings. The Morgan fingerprint density at radius 3 is 2.60 bits per heavy atom. The predicted octanol–water partition coefficient (Wildman–Crippen LogP) is 2.36. The van der Waals surface area contributed by atoms with E-state index in [2.05, 4.69) is 40.2 Å². The van der Waals surface area contributed by atoms with Crippen molar-refractivity contribution in [1.82, 2.24) is 0 Å². The summed E-state index contributed by atoms with van der Waals surface area (Å²) in [6.45, 7) is 2.37. The minimum atomic E-state index is 0.174. The topological polar surface area (TPSA) is 35.2 Å². The van der Waals surface area contributed by atoms with Crippen molar-refractivity contribution in [3.63, 3.8) is 0 Å². The van der Waals surface area contributed by atoms with Crippen LogP contribution >= 0.6 is 15.9 Å². The fraction of sp³-hybridized carbons (Fsp3) is 0.500. The molecule has 0 radical (unpaired) electrons. The molecule has 15 heavy (non-hydrogen) atoms. The van der Waals surface area contributed by atoms with E-state index in [1.807, 2.05) is 0 Å². The van der Waals surface area contributed by atoms with Gasteiger partial charge >= 0.3 is 0 Å². The van der Waals surface area contributed by atoms with Gasteiger partial charge in [-0.25, -0.2) is 0 Å². The lowest BCUT2D eigenvalue weighted by atomic mass is 9.81. The number of benzene rings is 1. The lowest BCUT2D eigenvalue weighted by molar-refractivity contribution is 0.154. The highest BCUT2D eigenvalue weighted by Crippen LogP contribution is 2.31. The first-order valence-electron chi connectivity index (χ1n) is 5.26. The molecule has 2 N–H and O–H groups in total. The summed E-state index contributed by atoms with van der Waals surface area (Å²) in [6, 6.07) is 8.46. The number of nitrogens with two attached hydrogens (primary N) is 1. The van der Waals surface area contributed by atoms with Crippen LogP contribution in [0.3, 0.4) is 0 Å². The Morgan fingerprint density at radius 1 is 1.33 bits per heavy atom. The van der Waals surface area contributed by atoms with E-state index < -0.39 is 0 Å². The lowest BCUT2D eigenvalue weighted by Gasteiger charge is -2.25. The van der Waals surface area contributed by atoms with Crippen molar-refractivity contribution < 1.29 is 4.74 Å². The summed E-state index contributed by atoms with van der Waals surface area (Å²) in [6.07, 6.45) is 2.11. The van der Waals surface area contributed by atoms with Crippen LogP contribution in [-0.2, 0) is 11.2 Å². The summed E-state index contributed by atoms with van der Waals surface area (Å²) >= 11 is 3.44. The third kappa shape index (κ3) is 2.60. The number of rotatable bonds is 3. The first kappa shape index (κ1) is 11.1. The molecular weight excluding hydrogens is 254 g/mol. The van der Waals surface area contributed by atoms with Crippen LogP contribution in [0.5, 0.6) is 0 Å². The molecule has 82 valence electrons. The maximum Gasteiger partial charge on any atom is 0.0538 e. The van der Waals surface area contributed by atoms with Crippen molar-refractivity contribution in [1.29, 1.82) is 0 Å². The van der Waals surface area contributed by atoms with E-state index >= 15 is 0 Å². The average Bonchev–Trinajstić information content (AvgIpc) is 2.71. The Balaban J connectivity index is 2.09. The molecule has 0 aliphatic carbocycles. The summed E-state index contributed by atoms with van der Waals surface area (Å²) in [4.78, 5) is 0. The van der Waals surface area contributed by atoms with Crippen LogP contribution in [0, 0.1) is 5.41 Å². The van der Waals surface area contributed by atoms with Crippen molar-refractivity contribution in [3.8, 4) is 0 Å². The van der Waals surface area contributed by atoms with Crippen LogP contribution < -0.4 is 5.73 Å². The molecular formula is C12H16BrNO. The number of hydrogen-bond acceptors (Lipinski definition) is 2. The first-order valence-corrected chi connectivity index (χ1v) is 6.06. The van der Waals surface area contributed by atoms with E-state index in [4.69, 9.17) is 10.5 Å². The molecule has 1 aliphatic heterocycles. The molecule has 2 nitrogen and oxygen atoms in total. The Morgan fingerprint density at radius 2 is 2.07 bits per heavy atom. The zero-order chi connectivity index (χ0) is 10.7. The number of ether oxygens (including phenoxy) is 1. The smallest absolute Gasteiger partial charge is 0.0538 e. The van der Waals surface area contributed by atoms with Gasteiger partial charge in [0.1, 0.15) is 0 Å². The molecule has 0 aromatic heterocycles. The lowest BCUT2D eigenvalue weighted by Crippen LogP contribution is -2.33.